The molecule has 2 saturated heterocycles. The van der Waals surface area contributed by atoms with E-state index in [9.17, 15) is 0 Å². The van der Waals surface area contributed by atoms with Crippen LogP contribution in [0.25, 0.3) is 10.1 Å². The van der Waals surface area contributed by atoms with Crippen molar-refractivity contribution in [2.75, 3.05) is 24.5 Å². The minimum absolute atomic E-state index is 0.625. The van der Waals surface area contributed by atoms with Gasteiger partial charge in [0.05, 0.1) is 0 Å². The van der Waals surface area contributed by atoms with Crippen molar-refractivity contribution in [1.29, 1.82) is 0 Å². The van der Waals surface area contributed by atoms with E-state index in [1.165, 1.54) is 54.7 Å². The van der Waals surface area contributed by atoms with Crippen LogP contribution in [0.2, 0.25) is 0 Å². The molecule has 20 heavy (non-hydrogen) atoms. The molecule has 0 saturated carbocycles. The van der Waals surface area contributed by atoms with Crippen LogP contribution < -0.4 is 4.90 Å². The molecule has 3 heteroatoms. The highest BCUT2D eigenvalue weighted by molar-refractivity contribution is 7.17. The quantitative estimate of drug-likeness (QED) is 0.783. The summed E-state index contributed by atoms with van der Waals surface area (Å²) in [6, 6.07) is 10.6. The molecule has 2 unspecified atom stereocenters. The molecule has 0 spiro atoms. The van der Waals surface area contributed by atoms with Crippen LogP contribution in [0.3, 0.4) is 0 Å². The molecule has 2 fully saturated rings. The van der Waals surface area contributed by atoms with E-state index in [-0.39, 0.29) is 0 Å². The zero-order valence-corrected chi connectivity index (χ0v) is 12.9. The van der Waals surface area contributed by atoms with Gasteiger partial charge in [-0.25, -0.2) is 0 Å². The summed E-state index contributed by atoms with van der Waals surface area (Å²) in [6.07, 6.45) is 4.18. The van der Waals surface area contributed by atoms with Crippen molar-refractivity contribution in [1.82, 2.24) is 4.90 Å². The molecular weight excluding hydrogens is 264 g/mol. The molecule has 0 bridgehead atoms. The molecule has 2 aliphatic rings. The second kappa shape index (κ2) is 5.05. The molecule has 2 atom stereocenters. The number of piperidine rings is 1. The first kappa shape index (κ1) is 12.7. The van der Waals surface area contributed by atoms with Gasteiger partial charge in [0.15, 0.2) is 0 Å². The molecule has 0 radical (unpaired) electrons. The first-order chi connectivity index (χ1) is 9.81. The third-order valence-electron chi connectivity index (χ3n) is 4.95. The van der Waals surface area contributed by atoms with E-state index in [0.717, 1.165) is 6.04 Å². The predicted octanol–water partition coefficient (Wildman–Crippen LogP) is 3.96. The maximum Gasteiger partial charge on any atom is 0.0389 e. The minimum Gasteiger partial charge on any atom is -0.366 e. The van der Waals surface area contributed by atoms with Crippen LogP contribution in [0.5, 0.6) is 0 Å². The SMILES string of the molecule is CC1CN2CCCCC2CN1c1ccc2sccc2c1. The van der Waals surface area contributed by atoms with Crippen molar-refractivity contribution >= 4 is 27.1 Å². The van der Waals surface area contributed by atoms with E-state index < -0.39 is 0 Å². The summed E-state index contributed by atoms with van der Waals surface area (Å²) in [5.41, 5.74) is 1.41. The van der Waals surface area contributed by atoms with Gasteiger partial charge in [-0.2, -0.15) is 0 Å². The van der Waals surface area contributed by atoms with Gasteiger partial charge in [-0.1, -0.05) is 6.42 Å². The molecule has 0 aliphatic carbocycles. The van der Waals surface area contributed by atoms with Gasteiger partial charge < -0.3 is 4.90 Å². The second-order valence-corrected chi connectivity index (χ2v) is 7.24. The highest BCUT2D eigenvalue weighted by atomic mass is 32.1. The molecular formula is C17H22N2S. The number of benzene rings is 1. The van der Waals surface area contributed by atoms with Crippen LogP contribution in [0.1, 0.15) is 26.2 Å². The summed E-state index contributed by atoms with van der Waals surface area (Å²) in [7, 11) is 0. The van der Waals surface area contributed by atoms with Gasteiger partial charge in [-0.15, -0.1) is 11.3 Å². The molecule has 106 valence electrons. The van der Waals surface area contributed by atoms with Crippen molar-refractivity contribution < 1.29 is 0 Å². The molecule has 1 aromatic heterocycles. The Kier molecular flexibility index (Phi) is 3.20. The van der Waals surface area contributed by atoms with Crippen LogP contribution in [0.4, 0.5) is 5.69 Å². The first-order valence-corrected chi connectivity index (χ1v) is 8.67. The zero-order chi connectivity index (χ0) is 13.5. The number of hydrogen-bond acceptors (Lipinski definition) is 3. The van der Waals surface area contributed by atoms with Gasteiger partial charge in [-0.05, 0) is 61.3 Å². The van der Waals surface area contributed by atoms with Crippen molar-refractivity contribution in [3.05, 3.63) is 29.6 Å². The lowest BCUT2D eigenvalue weighted by Crippen LogP contribution is -2.58. The molecule has 0 N–H and O–H groups in total. The van der Waals surface area contributed by atoms with E-state index in [4.69, 9.17) is 0 Å². The lowest BCUT2D eigenvalue weighted by atomic mass is 9.96. The number of rotatable bonds is 1. The highest BCUT2D eigenvalue weighted by Crippen LogP contribution is 2.31. The summed E-state index contributed by atoms with van der Waals surface area (Å²) in [4.78, 5) is 5.34. The Bertz CT molecular complexity index is 606. The molecule has 2 aliphatic heterocycles. The van der Waals surface area contributed by atoms with Gasteiger partial charge in [-0.3, -0.25) is 4.90 Å². The van der Waals surface area contributed by atoms with Crippen molar-refractivity contribution in [3.8, 4) is 0 Å². The van der Waals surface area contributed by atoms with Gasteiger partial charge >= 0.3 is 0 Å². The second-order valence-electron chi connectivity index (χ2n) is 6.29. The monoisotopic (exact) mass is 286 g/mol. The van der Waals surface area contributed by atoms with E-state index in [2.05, 4.69) is 46.4 Å². The lowest BCUT2D eigenvalue weighted by molar-refractivity contribution is 0.115. The van der Waals surface area contributed by atoms with E-state index in [1.54, 1.807) is 0 Å². The summed E-state index contributed by atoms with van der Waals surface area (Å²) in [5.74, 6) is 0. The molecule has 1 aromatic carbocycles. The Hall–Kier alpha value is -1.06. The number of hydrogen-bond donors (Lipinski definition) is 0. The van der Waals surface area contributed by atoms with Gasteiger partial charge in [0.25, 0.3) is 0 Å². The van der Waals surface area contributed by atoms with Gasteiger partial charge in [0.1, 0.15) is 0 Å². The lowest BCUT2D eigenvalue weighted by Gasteiger charge is -2.48. The standard InChI is InChI=1S/C17H22N2S/c1-13-11-18-8-3-2-4-16(18)12-19(13)15-5-6-17-14(10-15)7-9-20-17/h5-7,9-10,13,16H,2-4,8,11-12H2,1H3. The Labute approximate surface area is 125 Å². The number of anilines is 1. The van der Waals surface area contributed by atoms with Crippen molar-refractivity contribution in [2.24, 2.45) is 0 Å². The van der Waals surface area contributed by atoms with Gasteiger partial charge in [0.2, 0.25) is 0 Å². The summed E-state index contributed by atoms with van der Waals surface area (Å²) < 4.78 is 1.40. The Morgan fingerprint density at radius 3 is 3.05 bits per heavy atom. The number of piperazine rings is 1. The fourth-order valence-electron chi connectivity index (χ4n) is 3.84. The third kappa shape index (κ3) is 2.13. The Morgan fingerprint density at radius 1 is 1.15 bits per heavy atom. The third-order valence-corrected chi connectivity index (χ3v) is 5.85. The zero-order valence-electron chi connectivity index (χ0n) is 12.1. The Morgan fingerprint density at radius 2 is 2.10 bits per heavy atom. The van der Waals surface area contributed by atoms with Crippen molar-refractivity contribution in [2.45, 2.75) is 38.3 Å². The smallest absolute Gasteiger partial charge is 0.0389 e. The average molecular weight is 286 g/mol. The fourth-order valence-corrected chi connectivity index (χ4v) is 4.62. The summed E-state index contributed by atoms with van der Waals surface area (Å²) in [6.45, 7) is 6.12. The molecule has 2 aromatic rings. The summed E-state index contributed by atoms with van der Waals surface area (Å²) in [5, 5.41) is 3.59. The minimum atomic E-state index is 0.625. The number of nitrogens with zero attached hydrogens (tertiary/aromatic N) is 2. The summed E-state index contributed by atoms with van der Waals surface area (Å²) >= 11 is 1.83. The highest BCUT2D eigenvalue weighted by Gasteiger charge is 2.32. The molecule has 4 rings (SSSR count). The molecule has 2 nitrogen and oxygen atoms in total. The van der Waals surface area contributed by atoms with Crippen LogP contribution in [0, 0.1) is 0 Å². The van der Waals surface area contributed by atoms with Crippen LogP contribution in [-0.2, 0) is 0 Å². The maximum absolute atomic E-state index is 2.72. The predicted molar refractivity (Wildman–Crippen MR) is 87.8 cm³/mol. The first-order valence-electron chi connectivity index (χ1n) is 7.79. The largest absolute Gasteiger partial charge is 0.366 e. The van der Waals surface area contributed by atoms with Crippen LogP contribution in [0.15, 0.2) is 29.6 Å². The van der Waals surface area contributed by atoms with E-state index in [1.807, 2.05) is 11.3 Å². The number of fused-ring (bicyclic) bond motifs is 2. The Balaban J connectivity index is 1.63. The van der Waals surface area contributed by atoms with Crippen LogP contribution >= 0.6 is 11.3 Å². The average Bonchev–Trinajstić information content (AvgIpc) is 2.94. The molecule has 3 heterocycles. The number of thiophene rings is 1. The van der Waals surface area contributed by atoms with Crippen molar-refractivity contribution in [3.63, 3.8) is 0 Å². The van der Waals surface area contributed by atoms with E-state index >= 15 is 0 Å². The molecule has 0 amide bonds. The van der Waals surface area contributed by atoms with Crippen LogP contribution in [-0.4, -0.2) is 36.6 Å². The topological polar surface area (TPSA) is 6.48 Å². The van der Waals surface area contributed by atoms with E-state index in [0.29, 0.717) is 6.04 Å². The normalized spacial score (nSPS) is 27.8. The maximum atomic E-state index is 2.72. The van der Waals surface area contributed by atoms with Gasteiger partial charge in [0, 0.05) is 35.6 Å². The fraction of sp³-hybridized carbons (Fsp3) is 0.529.